The zero-order chi connectivity index (χ0) is 17.0. The van der Waals surface area contributed by atoms with Gasteiger partial charge >= 0.3 is 5.97 Å². The van der Waals surface area contributed by atoms with E-state index in [1.807, 2.05) is 0 Å². The van der Waals surface area contributed by atoms with E-state index >= 15 is 0 Å². The van der Waals surface area contributed by atoms with Crippen molar-refractivity contribution in [3.05, 3.63) is 12.2 Å². The highest BCUT2D eigenvalue weighted by Crippen LogP contribution is 2.28. The van der Waals surface area contributed by atoms with E-state index in [0.29, 0.717) is 5.57 Å². The monoisotopic (exact) mass is 311 g/mol. The summed E-state index contributed by atoms with van der Waals surface area (Å²) in [6, 6.07) is 0. The Morgan fingerprint density at radius 3 is 1.95 bits per heavy atom. The highest BCUT2D eigenvalue weighted by Gasteiger charge is 2.29. The third-order valence-electron chi connectivity index (χ3n) is 4.28. The van der Waals surface area contributed by atoms with Crippen molar-refractivity contribution in [3.63, 3.8) is 0 Å². The molecule has 0 amide bonds. The quantitative estimate of drug-likeness (QED) is 0.216. The topological polar surface area (TPSA) is 52.3 Å². The molecule has 2 N–H and O–H groups in total. The predicted molar refractivity (Wildman–Crippen MR) is 94.5 cm³/mol. The van der Waals surface area contributed by atoms with Crippen molar-refractivity contribution < 1.29 is 9.53 Å². The van der Waals surface area contributed by atoms with E-state index in [1.165, 1.54) is 51.4 Å². The average molecular weight is 312 g/mol. The Bertz CT molecular complexity index is 323. The largest absolute Gasteiger partial charge is 0.443 e. The van der Waals surface area contributed by atoms with E-state index in [-0.39, 0.29) is 5.41 Å². The maximum atomic E-state index is 11.5. The molecule has 0 spiro atoms. The van der Waals surface area contributed by atoms with Crippen LogP contribution in [-0.4, -0.2) is 12.2 Å². The molecular formula is C19H37NO2. The standard InChI is InChI=1S/C19H37NO2/c1-6-7-8-9-10-11-12-13-14-15-19(4,5)18(20)22-17(21)16(2)3/h18H,2,6-15,20H2,1,3-5H3. The molecule has 1 unspecified atom stereocenters. The van der Waals surface area contributed by atoms with Crippen LogP contribution in [0.4, 0.5) is 0 Å². The van der Waals surface area contributed by atoms with E-state index in [1.54, 1.807) is 6.92 Å². The first kappa shape index (κ1) is 21.2. The van der Waals surface area contributed by atoms with E-state index in [2.05, 4.69) is 27.4 Å². The number of nitrogens with two attached hydrogens (primary N) is 1. The molecule has 3 heteroatoms. The SMILES string of the molecule is C=C(C)C(=O)OC(N)C(C)(C)CCCCCCCCCCC. The Hall–Kier alpha value is -0.830. The van der Waals surface area contributed by atoms with Crippen LogP contribution in [0.25, 0.3) is 0 Å². The highest BCUT2D eigenvalue weighted by atomic mass is 16.6. The lowest BCUT2D eigenvalue weighted by Crippen LogP contribution is -2.41. The van der Waals surface area contributed by atoms with Crippen LogP contribution in [0, 0.1) is 5.41 Å². The van der Waals surface area contributed by atoms with Crippen molar-refractivity contribution in [1.29, 1.82) is 0 Å². The lowest BCUT2D eigenvalue weighted by atomic mass is 9.85. The van der Waals surface area contributed by atoms with Gasteiger partial charge in [0.05, 0.1) is 0 Å². The van der Waals surface area contributed by atoms with Gasteiger partial charge in [0, 0.05) is 11.0 Å². The second kappa shape index (κ2) is 11.7. The molecule has 0 aromatic rings. The minimum atomic E-state index is -0.564. The van der Waals surface area contributed by atoms with E-state index in [0.717, 1.165) is 12.8 Å². The van der Waals surface area contributed by atoms with Gasteiger partial charge in [0.15, 0.2) is 6.23 Å². The van der Waals surface area contributed by atoms with Gasteiger partial charge in [0.1, 0.15) is 0 Å². The minimum absolute atomic E-state index is 0.188. The molecular weight excluding hydrogens is 274 g/mol. The second-order valence-electron chi connectivity index (χ2n) is 7.17. The van der Waals surface area contributed by atoms with Crippen molar-refractivity contribution >= 4 is 5.97 Å². The Morgan fingerprint density at radius 1 is 1.05 bits per heavy atom. The molecule has 0 aliphatic carbocycles. The Kier molecular flexibility index (Phi) is 11.3. The molecule has 3 nitrogen and oxygen atoms in total. The van der Waals surface area contributed by atoms with E-state index in [9.17, 15) is 4.79 Å². The molecule has 0 bridgehead atoms. The van der Waals surface area contributed by atoms with Crippen molar-refractivity contribution in [2.75, 3.05) is 0 Å². The van der Waals surface area contributed by atoms with Crippen LogP contribution in [-0.2, 0) is 9.53 Å². The zero-order valence-corrected chi connectivity index (χ0v) is 15.2. The van der Waals surface area contributed by atoms with E-state index < -0.39 is 12.2 Å². The van der Waals surface area contributed by atoms with Gasteiger partial charge in [-0.15, -0.1) is 0 Å². The predicted octanol–water partition coefficient (Wildman–Crippen LogP) is 5.34. The van der Waals surface area contributed by atoms with Crippen molar-refractivity contribution in [1.82, 2.24) is 0 Å². The summed E-state index contributed by atoms with van der Waals surface area (Å²) < 4.78 is 5.25. The summed E-state index contributed by atoms with van der Waals surface area (Å²) in [5, 5.41) is 0. The fourth-order valence-corrected chi connectivity index (χ4v) is 2.41. The fourth-order valence-electron chi connectivity index (χ4n) is 2.41. The number of hydrogen-bond acceptors (Lipinski definition) is 3. The van der Waals surface area contributed by atoms with Crippen molar-refractivity contribution in [2.24, 2.45) is 11.1 Å². The summed E-state index contributed by atoms with van der Waals surface area (Å²) in [4.78, 5) is 11.5. The van der Waals surface area contributed by atoms with Crippen LogP contribution in [0.1, 0.15) is 91.9 Å². The first-order chi connectivity index (χ1) is 10.3. The number of esters is 1. The van der Waals surface area contributed by atoms with Crippen LogP contribution in [0.5, 0.6) is 0 Å². The summed E-state index contributed by atoms with van der Waals surface area (Å²) in [6.45, 7) is 11.6. The number of rotatable bonds is 13. The molecule has 0 radical (unpaired) electrons. The number of carbonyl (C=O) groups is 1. The summed E-state index contributed by atoms with van der Waals surface area (Å²) in [5.74, 6) is -0.396. The molecule has 0 heterocycles. The zero-order valence-electron chi connectivity index (χ0n) is 15.2. The molecule has 0 aliphatic rings. The molecule has 0 fully saturated rings. The number of ether oxygens (including phenoxy) is 1. The second-order valence-corrected chi connectivity index (χ2v) is 7.17. The molecule has 0 saturated heterocycles. The minimum Gasteiger partial charge on any atom is -0.443 e. The van der Waals surface area contributed by atoms with Crippen LogP contribution < -0.4 is 5.73 Å². The van der Waals surface area contributed by atoms with Crippen LogP contribution >= 0.6 is 0 Å². The number of carbonyl (C=O) groups excluding carboxylic acids is 1. The maximum absolute atomic E-state index is 11.5. The average Bonchev–Trinajstić information content (AvgIpc) is 2.45. The van der Waals surface area contributed by atoms with Gasteiger partial charge in [-0.1, -0.05) is 85.1 Å². The number of unbranched alkanes of at least 4 members (excludes halogenated alkanes) is 8. The lowest BCUT2D eigenvalue weighted by molar-refractivity contribution is -0.150. The maximum Gasteiger partial charge on any atom is 0.334 e. The van der Waals surface area contributed by atoms with Gasteiger partial charge in [-0.2, -0.15) is 0 Å². The van der Waals surface area contributed by atoms with Crippen LogP contribution in [0.3, 0.4) is 0 Å². The smallest absolute Gasteiger partial charge is 0.334 e. The summed E-state index contributed by atoms with van der Waals surface area (Å²) >= 11 is 0. The van der Waals surface area contributed by atoms with Gasteiger partial charge in [-0.25, -0.2) is 4.79 Å². The number of hydrogen-bond donors (Lipinski definition) is 1. The third-order valence-corrected chi connectivity index (χ3v) is 4.28. The van der Waals surface area contributed by atoms with Crippen molar-refractivity contribution in [3.8, 4) is 0 Å². The summed E-state index contributed by atoms with van der Waals surface area (Å²) in [5.41, 5.74) is 6.22. The lowest BCUT2D eigenvalue weighted by Gasteiger charge is -2.31. The summed E-state index contributed by atoms with van der Waals surface area (Å²) in [6.07, 6.45) is 12.2. The molecule has 0 saturated carbocycles. The highest BCUT2D eigenvalue weighted by molar-refractivity contribution is 5.87. The Labute approximate surface area is 137 Å². The first-order valence-electron chi connectivity index (χ1n) is 8.93. The van der Waals surface area contributed by atoms with Gasteiger partial charge in [0.2, 0.25) is 0 Å². The third kappa shape index (κ3) is 9.99. The van der Waals surface area contributed by atoms with Crippen LogP contribution in [0.15, 0.2) is 12.2 Å². The van der Waals surface area contributed by atoms with Gasteiger partial charge in [-0.3, -0.25) is 5.73 Å². The normalized spacial score (nSPS) is 13.0. The van der Waals surface area contributed by atoms with Gasteiger partial charge in [-0.05, 0) is 13.3 Å². The molecule has 0 aromatic heterocycles. The molecule has 22 heavy (non-hydrogen) atoms. The van der Waals surface area contributed by atoms with Gasteiger partial charge in [0.25, 0.3) is 0 Å². The molecule has 130 valence electrons. The van der Waals surface area contributed by atoms with Crippen LogP contribution in [0.2, 0.25) is 0 Å². The molecule has 0 aromatic carbocycles. The van der Waals surface area contributed by atoms with Gasteiger partial charge < -0.3 is 4.74 Å². The fraction of sp³-hybridized carbons (Fsp3) is 0.842. The Morgan fingerprint density at radius 2 is 1.50 bits per heavy atom. The molecule has 0 aliphatic heterocycles. The Balaban J connectivity index is 3.75. The van der Waals surface area contributed by atoms with E-state index in [4.69, 9.17) is 10.5 Å². The molecule has 1 atom stereocenters. The first-order valence-corrected chi connectivity index (χ1v) is 8.93. The summed E-state index contributed by atoms with van der Waals surface area (Å²) in [7, 11) is 0. The van der Waals surface area contributed by atoms with Crippen molar-refractivity contribution in [2.45, 2.75) is 98.1 Å². The molecule has 0 rings (SSSR count).